The van der Waals surface area contributed by atoms with Crippen molar-refractivity contribution in [3.05, 3.63) is 35.1 Å². The summed E-state index contributed by atoms with van der Waals surface area (Å²) in [7, 11) is 0. The molecule has 1 saturated carbocycles. The second-order valence-corrected chi connectivity index (χ2v) is 7.91. The molecule has 0 spiro atoms. The number of nitrogens with zero attached hydrogens (tertiary/aromatic N) is 3. The third-order valence-electron chi connectivity index (χ3n) is 5.40. The van der Waals surface area contributed by atoms with Crippen LogP contribution in [0.1, 0.15) is 32.4 Å². The fourth-order valence-corrected chi connectivity index (χ4v) is 4.51. The molecule has 3 aliphatic rings. The SMILES string of the molecule is CC1(C)[C@H]2CC=C(/C=N\NC(=O)Cc3cn4ccsc4n3)[C@@H]1C2. The molecule has 5 nitrogen and oxygen atoms in total. The van der Waals surface area contributed by atoms with E-state index in [1.54, 1.807) is 11.3 Å². The van der Waals surface area contributed by atoms with Crippen molar-refractivity contribution in [2.24, 2.45) is 22.4 Å². The molecule has 5 rings (SSSR count). The number of hydrogen-bond acceptors (Lipinski definition) is 4. The molecule has 120 valence electrons. The minimum absolute atomic E-state index is 0.130. The van der Waals surface area contributed by atoms with Gasteiger partial charge in [-0.05, 0) is 35.7 Å². The van der Waals surface area contributed by atoms with E-state index in [0.29, 0.717) is 11.3 Å². The van der Waals surface area contributed by atoms with Gasteiger partial charge in [-0.25, -0.2) is 10.4 Å². The Morgan fingerprint density at radius 1 is 1.61 bits per heavy atom. The van der Waals surface area contributed by atoms with Gasteiger partial charge in [0.2, 0.25) is 5.91 Å². The molecule has 1 amide bonds. The Bertz CT molecular complexity index is 785. The predicted octanol–water partition coefficient (Wildman–Crippen LogP) is 3.03. The van der Waals surface area contributed by atoms with Crippen LogP contribution in [0.4, 0.5) is 0 Å². The first-order valence-corrected chi connectivity index (χ1v) is 8.85. The predicted molar refractivity (Wildman–Crippen MR) is 91.5 cm³/mol. The van der Waals surface area contributed by atoms with Crippen LogP contribution in [0.15, 0.2) is 34.5 Å². The van der Waals surface area contributed by atoms with Gasteiger partial charge in [-0.3, -0.25) is 9.20 Å². The molecule has 0 aromatic carbocycles. The Morgan fingerprint density at radius 3 is 3.22 bits per heavy atom. The zero-order valence-corrected chi connectivity index (χ0v) is 14.1. The third kappa shape index (κ3) is 2.51. The number of allylic oxidation sites excluding steroid dienone is 2. The summed E-state index contributed by atoms with van der Waals surface area (Å²) in [5.41, 5.74) is 5.03. The Morgan fingerprint density at radius 2 is 2.48 bits per heavy atom. The Hall–Kier alpha value is -1.95. The zero-order valence-electron chi connectivity index (χ0n) is 13.3. The number of thiazole rings is 1. The highest BCUT2D eigenvalue weighted by atomic mass is 32.1. The van der Waals surface area contributed by atoms with Gasteiger partial charge in [0.1, 0.15) is 0 Å². The van der Waals surface area contributed by atoms with Gasteiger partial charge in [0, 0.05) is 17.8 Å². The summed E-state index contributed by atoms with van der Waals surface area (Å²) < 4.78 is 1.93. The summed E-state index contributed by atoms with van der Waals surface area (Å²) in [5.74, 6) is 1.27. The highest BCUT2D eigenvalue weighted by Crippen LogP contribution is 2.58. The van der Waals surface area contributed by atoms with Crippen molar-refractivity contribution >= 4 is 28.4 Å². The molecule has 3 aliphatic carbocycles. The lowest BCUT2D eigenvalue weighted by molar-refractivity contribution is -0.120. The van der Waals surface area contributed by atoms with Crippen LogP contribution in [0, 0.1) is 17.3 Å². The van der Waals surface area contributed by atoms with E-state index < -0.39 is 0 Å². The molecule has 0 radical (unpaired) electrons. The lowest BCUT2D eigenvalue weighted by Crippen LogP contribution is -2.48. The number of carbonyl (C=O) groups excluding carboxylic acids is 1. The Labute approximate surface area is 139 Å². The van der Waals surface area contributed by atoms with Gasteiger partial charge < -0.3 is 0 Å². The van der Waals surface area contributed by atoms with E-state index in [2.05, 4.69) is 35.4 Å². The lowest BCUT2D eigenvalue weighted by atomic mass is 9.49. The minimum atomic E-state index is -0.130. The molecule has 0 aliphatic heterocycles. The fourth-order valence-electron chi connectivity index (χ4n) is 3.79. The Kier molecular flexibility index (Phi) is 3.37. The molecule has 2 atom stereocenters. The molecule has 2 heterocycles. The summed E-state index contributed by atoms with van der Waals surface area (Å²) in [6, 6.07) is 0. The van der Waals surface area contributed by atoms with E-state index in [-0.39, 0.29) is 12.3 Å². The number of rotatable bonds is 4. The zero-order chi connectivity index (χ0) is 16.0. The fraction of sp³-hybridized carbons (Fsp3) is 0.471. The quantitative estimate of drug-likeness (QED) is 0.693. The number of fused-ring (bicyclic) bond motifs is 2. The molecule has 2 aromatic rings. The highest BCUT2D eigenvalue weighted by molar-refractivity contribution is 7.15. The Balaban J connectivity index is 1.34. The highest BCUT2D eigenvalue weighted by Gasteiger charge is 2.50. The maximum atomic E-state index is 12.0. The molecule has 1 fully saturated rings. The van der Waals surface area contributed by atoms with E-state index in [4.69, 9.17) is 0 Å². The van der Waals surface area contributed by atoms with Crippen molar-refractivity contribution in [3.63, 3.8) is 0 Å². The van der Waals surface area contributed by atoms with Crippen LogP contribution in [-0.4, -0.2) is 21.5 Å². The van der Waals surface area contributed by atoms with E-state index in [1.165, 1.54) is 12.0 Å². The number of carbonyl (C=O) groups is 1. The summed E-state index contributed by atoms with van der Waals surface area (Å²) in [5, 5.41) is 6.12. The largest absolute Gasteiger partial charge is 0.297 e. The minimum Gasteiger partial charge on any atom is -0.297 e. The molecule has 1 N–H and O–H groups in total. The third-order valence-corrected chi connectivity index (χ3v) is 6.17. The topological polar surface area (TPSA) is 58.8 Å². The van der Waals surface area contributed by atoms with Gasteiger partial charge in [0.15, 0.2) is 4.96 Å². The summed E-state index contributed by atoms with van der Waals surface area (Å²) in [6.07, 6.45) is 10.6. The van der Waals surface area contributed by atoms with Crippen molar-refractivity contribution in [1.82, 2.24) is 14.8 Å². The normalized spacial score (nSPS) is 25.4. The second kappa shape index (κ2) is 5.30. The number of imidazole rings is 1. The van der Waals surface area contributed by atoms with Gasteiger partial charge in [0.05, 0.1) is 18.3 Å². The van der Waals surface area contributed by atoms with Gasteiger partial charge in [0.25, 0.3) is 0 Å². The van der Waals surface area contributed by atoms with Crippen LogP contribution in [0.5, 0.6) is 0 Å². The summed E-state index contributed by atoms with van der Waals surface area (Å²) in [4.78, 5) is 17.3. The molecule has 0 unspecified atom stereocenters. The second-order valence-electron chi connectivity index (χ2n) is 7.04. The van der Waals surface area contributed by atoms with E-state index >= 15 is 0 Å². The molecule has 23 heavy (non-hydrogen) atoms. The van der Waals surface area contributed by atoms with Crippen LogP contribution in [-0.2, 0) is 11.2 Å². The number of hydrogen-bond donors (Lipinski definition) is 1. The molecule has 2 bridgehead atoms. The van der Waals surface area contributed by atoms with E-state index in [0.717, 1.165) is 23.0 Å². The number of amides is 1. The van der Waals surface area contributed by atoms with Crippen LogP contribution in [0.2, 0.25) is 0 Å². The van der Waals surface area contributed by atoms with E-state index in [1.807, 2.05) is 28.4 Å². The molecule has 6 heteroatoms. The van der Waals surface area contributed by atoms with Gasteiger partial charge in [-0.2, -0.15) is 5.10 Å². The first-order chi connectivity index (χ1) is 11.0. The smallest absolute Gasteiger partial charge is 0.246 e. The van der Waals surface area contributed by atoms with Gasteiger partial charge >= 0.3 is 0 Å². The van der Waals surface area contributed by atoms with Crippen molar-refractivity contribution in [2.45, 2.75) is 33.1 Å². The average molecular weight is 328 g/mol. The van der Waals surface area contributed by atoms with Gasteiger partial charge in [-0.1, -0.05) is 19.9 Å². The van der Waals surface area contributed by atoms with Crippen molar-refractivity contribution in [2.75, 3.05) is 0 Å². The van der Waals surface area contributed by atoms with Crippen molar-refractivity contribution < 1.29 is 4.79 Å². The van der Waals surface area contributed by atoms with Crippen LogP contribution in [0.3, 0.4) is 0 Å². The summed E-state index contributed by atoms with van der Waals surface area (Å²) in [6.45, 7) is 4.66. The van der Waals surface area contributed by atoms with E-state index in [9.17, 15) is 4.79 Å². The molecule has 0 saturated heterocycles. The molecular formula is C17H20N4OS. The summed E-state index contributed by atoms with van der Waals surface area (Å²) >= 11 is 1.56. The van der Waals surface area contributed by atoms with Crippen molar-refractivity contribution in [3.8, 4) is 0 Å². The lowest BCUT2D eigenvalue weighted by Gasteiger charge is -2.55. The van der Waals surface area contributed by atoms with Crippen LogP contribution >= 0.6 is 11.3 Å². The number of hydrazone groups is 1. The first-order valence-electron chi connectivity index (χ1n) is 7.97. The molecule has 2 aromatic heterocycles. The average Bonchev–Trinajstić information content (AvgIpc) is 3.08. The maximum absolute atomic E-state index is 12.0. The monoisotopic (exact) mass is 328 g/mol. The van der Waals surface area contributed by atoms with Crippen LogP contribution in [0.25, 0.3) is 4.96 Å². The molecular weight excluding hydrogens is 308 g/mol. The van der Waals surface area contributed by atoms with Gasteiger partial charge in [-0.15, -0.1) is 11.3 Å². The maximum Gasteiger partial charge on any atom is 0.246 e. The number of aromatic nitrogens is 2. The first kappa shape index (κ1) is 14.6. The standard InChI is InChI=1S/C17H20N4OS/c1-17(2)12-4-3-11(14(17)7-12)9-18-20-15(22)8-13-10-21-5-6-23-16(21)19-13/h3,5-6,9-10,12,14H,4,7-8H2,1-2H3,(H,20,22)/b18-9-/t12-,14-/m0/s1. The number of nitrogens with one attached hydrogen (secondary N) is 1. The van der Waals surface area contributed by atoms with Crippen LogP contribution < -0.4 is 5.43 Å². The van der Waals surface area contributed by atoms with Crippen molar-refractivity contribution in [1.29, 1.82) is 0 Å².